The van der Waals surface area contributed by atoms with E-state index in [9.17, 15) is 9.90 Å². The smallest absolute Gasteiger partial charge is 0.347 e. The van der Waals surface area contributed by atoms with E-state index in [0.717, 1.165) is 18.1 Å². The first kappa shape index (κ1) is 15.9. The normalized spacial score (nSPS) is 12.4. The average Bonchev–Trinajstić information content (AvgIpc) is 2.83. The topological polar surface area (TPSA) is 62.7 Å². The predicted octanol–water partition coefficient (Wildman–Crippen LogP) is 2.66. The molecule has 108 valence electrons. The molecule has 1 N–H and O–H groups in total. The van der Waals surface area contributed by atoms with Gasteiger partial charge in [-0.15, -0.1) is 0 Å². The molecule has 1 rings (SSSR count). The van der Waals surface area contributed by atoms with Gasteiger partial charge < -0.3 is 14.7 Å². The quantitative estimate of drug-likeness (QED) is 0.796. The highest BCUT2D eigenvalue weighted by Gasteiger charge is 2.22. The van der Waals surface area contributed by atoms with Crippen LogP contribution in [0.5, 0.6) is 0 Å². The van der Waals surface area contributed by atoms with Crippen molar-refractivity contribution in [1.82, 2.24) is 4.98 Å². The van der Waals surface area contributed by atoms with Gasteiger partial charge in [0, 0.05) is 19.7 Å². The minimum atomic E-state index is -0.892. The van der Waals surface area contributed by atoms with Crippen LogP contribution < -0.4 is 4.90 Å². The van der Waals surface area contributed by atoms with Crippen molar-refractivity contribution in [2.75, 3.05) is 25.2 Å². The third-order valence-electron chi connectivity index (χ3n) is 3.12. The molecule has 1 unspecified atom stereocenters. The SMILES string of the molecule is CCc1nc(N(CCOC)C(C)CC)sc1C(=O)O. The summed E-state index contributed by atoms with van der Waals surface area (Å²) in [5, 5.41) is 9.97. The highest BCUT2D eigenvalue weighted by atomic mass is 32.1. The zero-order chi connectivity index (χ0) is 14.4. The Labute approximate surface area is 118 Å². The minimum Gasteiger partial charge on any atom is -0.477 e. The number of anilines is 1. The summed E-state index contributed by atoms with van der Waals surface area (Å²) in [7, 11) is 1.66. The molecule has 0 bridgehead atoms. The molecule has 0 aliphatic rings. The van der Waals surface area contributed by atoms with Crippen molar-refractivity contribution in [2.24, 2.45) is 0 Å². The van der Waals surface area contributed by atoms with E-state index in [1.54, 1.807) is 7.11 Å². The second kappa shape index (κ2) is 7.45. The highest BCUT2D eigenvalue weighted by molar-refractivity contribution is 7.17. The molecule has 5 nitrogen and oxygen atoms in total. The molecular weight excluding hydrogens is 264 g/mol. The van der Waals surface area contributed by atoms with Crippen molar-refractivity contribution in [3.63, 3.8) is 0 Å². The summed E-state index contributed by atoms with van der Waals surface area (Å²) >= 11 is 1.25. The van der Waals surface area contributed by atoms with E-state index in [0.29, 0.717) is 29.6 Å². The van der Waals surface area contributed by atoms with Crippen LogP contribution in [0, 0.1) is 0 Å². The van der Waals surface area contributed by atoms with E-state index in [1.807, 2.05) is 6.92 Å². The number of hydrogen-bond donors (Lipinski definition) is 1. The molecule has 1 aromatic heterocycles. The Bertz CT molecular complexity index is 420. The fourth-order valence-electron chi connectivity index (χ4n) is 1.78. The number of methoxy groups -OCH3 is 1. The number of thiazole rings is 1. The van der Waals surface area contributed by atoms with Crippen LogP contribution in [0.1, 0.15) is 42.6 Å². The lowest BCUT2D eigenvalue weighted by atomic mass is 10.2. The van der Waals surface area contributed by atoms with Crippen LogP contribution in [0.15, 0.2) is 0 Å². The van der Waals surface area contributed by atoms with Crippen LogP contribution in [0.2, 0.25) is 0 Å². The molecule has 0 saturated carbocycles. The number of nitrogens with zero attached hydrogens (tertiary/aromatic N) is 2. The highest BCUT2D eigenvalue weighted by Crippen LogP contribution is 2.28. The molecule has 0 aliphatic carbocycles. The van der Waals surface area contributed by atoms with E-state index in [1.165, 1.54) is 11.3 Å². The molecule has 0 saturated heterocycles. The maximum Gasteiger partial charge on any atom is 0.347 e. The number of aromatic carboxylic acids is 1. The minimum absolute atomic E-state index is 0.313. The Hall–Kier alpha value is -1.14. The molecule has 1 aromatic rings. The fourth-order valence-corrected chi connectivity index (χ4v) is 2.91. The molecule has 6 heteroatoms. The molecule has 0 radical (unpaired) electrons. The van der Waals surface area contributed by atoms with Gasteiger partial charge >= 0.3 is 5.97 Å². The van der Waals surface area contributed by atoms with Gasteiger partial charge in [-0.1, -0.05) is 25.2 Å². The molecule has 1 atom stereocenters. The van der Waals surface area contributed by atoms with E-state index in [-0.39, 0.29) is 0 Å². The number of rotatable bonds is 8. The number of ether oxygens (including phenoxy) is 1. The molecule has 19 heavy (non-hydrogen) atoms. The first-order valence-electron chi connectivity index (χ1n) is 6.53. The molecular formula is C13H22N2O3S. The summed E-state index contributed by atoms with van der Waals surface area (Å²) < 4.78 is 5.12. The summed E-state index contributed by atoms with van der Waals surface area (Å²) in [5.74, 6) is -0.892. The van der Waals surface area contributed by atoms with Crippen LogP contribution in [0.25, 0.3) is 0 Å². The summed E-state index contributed by atoms with van der Waals surface area (Å²) in [4.78, 5) is 18.2. The predicted molar refractivity (Wildman–Crippen MR) is 77.4 cm³/mol. The summed E-state index contributed by atoms with van der Waals surface area (Å²) in [6.45, 7) is 7.48. The lowest BCUT2D eigenvalue weighted by Crippen LogP contribution is -2.35. The van der Waals surface area contributed by atoms with Crippen molar-refractivity contribution in [3.05, 3.63) is 10.6 Å². The zero-order valence-electron chi connectivity index (χ0n) is 12.0. The van der Waals surface area contributed by atoms with Gasteiger partial charge in [-0.3, -0.25) is 0 Å². The lowest BCUT2D eigenvalue weighted by molar-refractivity contribution is 0.0701. The van der Waals surface area contributed by atoms with E-state index in [2.05, 4.69) is 23.7 Å². The second-order valence-electron chi connectivity index (χ2n) is 4.37. The van der Waals surface area contributed by atoms with E-state index < -0.39 is 5.97 Å². The van der Waals surface area contributed by atoms with Gasteiger partial charge in [0.05, 0.1) is 12.3 Å². The van der Waals surface area contributed by atoms with E-state index >= 15 is 0 Å². The van der Waals surface area contributed by atoms with Crippen LogP contribution in [0.4, 0.5) is 5.13 Å². The van der Waals surface area contributed by atoms with Crippen molar-refractivity contribution in [3.8, 4) is 0 Å². The Morgan fingerprint density at radius 3 is 2.63 bits per heavy atom. The number of carboxylic acids is 1. The van der Waals surface area contributed by atoms with Crippen LogP contribution >= 0.6 is 11.3 Å². The molecule has 0 fully saturated rings. The van der Waals surface area contributed by atoms with Gasteiger partial charge in [-0.25, -0.2) is 9.78 Å². The maximum atomic E-state index is 11.2. The van der Waals surface area contributed by atoms with Gasteiger partial charge in [-0.2, -0.15) is 0 Å². The number of hydrogen-bond acceptors (Lipinski definition) is 5. The monoisotopic (exact) mass is 286 g/mol. The third-order valence-corrected chi connectivity index (χ3v) is 4.24. The molecule has 1 heterocycles. The Morgan fingerprint density at radius 1 is 1.53 bits per heavy atom. The van der Waals surface area contributed by atoms with Crippen molar-refractivity contribution >= 4 is 22.4 Å². The Morgan fingerprint density at radius 2 is 2.21 bits per heavy atom. The molecule has 0 aromatic carbocycles. The third kappa shape index (κ3) is 3.91. The fraction of sp³-hybridized carbons (Fsp3) is 0.692. The van der Waals surface area contributed by atoms with Crippen LogP contribution in [0.3, 0.4) is 0 Å². The standard InChI is InChI=1S/C13H22N2O3S/c1-5-9(3)15(7-8-18-4)13-14-10(6-2)11(19-13)12(16)17/h9H,5-8H2,1-4H3,(H,16,17). The first-order valence-corrected chi connectivity index (χ1v) is 7.35. The number of aryl methyl sites for hydroxylation is 1. The largest absolute Gasteiger partial charge is 0.477 e. The van der Waals surface area contributed by atoms with Crippen molar-refractivity contribution in [1.29, 1.82) is 0 Å². The number of carboxylic acid groups (broad SMARTS) is 1. The number of aromatic nitrogens is 1. The second-order valence-corrected chi connectivity index (χ2v) is 5.35. The maximum absolute atomic E-state index is 11.2. The first-order chi connectivity index (χ1) is 9.04. The lowest BCUT2D eigenvalue weighted by Gasteiger charge is -2.27. The molecule has 0 aliphatic heterocycles. The van der Waals surface area contributed by atoms with Crippen molar-refractivity contribution in [2.45, 2.75) is 39.7 Å². The zero-order valence-corrected chi connectivity index (χ0v) is 12.8. The van der Waals surface area contributed by atoms with Gasteiger partial charge in [0.25, 0.3) is 0 Å². The summed E-state index contributed by atoms with van der Waals surface area (Å²) in [6, 6.07) is 0.313. The molecule has 0 spiro atoms. The summed E-state index contributed by atoms with van der Waals surface area (Å²) in [6.07, 6.45) is 1.61. The van der Waals surface area contributed by atoms with Gasteiger partial charge in [0.2, 0.25) is 0 Å². The van der Waals surface area contributed by atoms with E-state index in [4.69, 9.17) is 4.74 Å². The Kier molecular flexibility index (Phi) is 6.24. The van der Waals surface area contributed by atoms with Crippen molar-refractivity contribution < 1.29 is 14.6 Å². The van der Waals surface area contributed by atoms with Gasteiger partial charge in [-0.05, 0) is 19.8 Å². The van der Waals surface area contributed by atoms with Crippen LogP contribution in [-0.2, 0) is 11.2 Å². The summed E-state index contributed by atoms with van der Waals surface area (Å²) in [5.41, 5.74) is 0.665. The van der Waals surface area contributed by atoms with Gasteiger partial charge in [0.1, 0.15) is 4.88 Å². The van der Waals surface area contributed by atoms with Crippen LogP contribution in [-0.4, -0.2) is 42.4 Å². The Balaban J connectivity index is 3.04. The molecule has 0 amide bonds. The number of carbonyl (C=O) groups is 1. The average molecular weight is 286 g/mol. The van der Waals surface area contributed by atoms with Gasteiger partial charge in [0.15, 0.2) is 5.13 Å².